The van der Waals surface area contributed by atoms with Gasteiger partial charge in [0.25, 0.3) is 5.91 Å². The largest absolute Gasteiger partial charge is 0.339 e. The summed E-state index contributed by atoms with van der Waals surface area (Å²) in [7, 11) is 1.97. The topological polar surface area (TPSA) is 50.2 Å². The fraction of sp³-hybridized carbons (Fsp3) is 0.412. The van der Waals surface area contributed by atoms with Crippen molar-refractivity contribution in [2.24, 2.45) is 5.92 Å². The van der Waals surface area contributed by atoms with E-state index in [0.29, 0.717) is 16.5 Å². The first kappa shape index (κ1) is 16.0. The van der Waals surface area contributed by atoms with Crippen molar-refractivity contribution >= 4 is 17.5 Å². The van der Waals surface area contributed by atoms with E-state index in [1.54, 1.807) is 17.1 Å². The summed E-state index contributed by atoms with van der Waals surface area (Å²) < 4.78 is 1.71. The molecule has 0 unspecified atom stereocenters. The van der Waals surface area contributed by atoms with E-state index in [4.69, 9.17) is 11.6 Å². The number of likely N-dealkylation sites (tertiary alicyclic amines) is 1. The molecule has 0 spiro atoms. The zero-order chi connectivity index (χ0) is 16.2. The Labute approximate surface area is 141 Å². The minimum atomic E-state index is 0.0631. The minimum absolute atomic E-state index is 0.0631. The highest BCUT2D eigenvalue weighted by Crippen LogP contribution is 2.19. The first-order chi connectivity index (χ1) is 11.2. The third-order valence-electron chi connectivity index (χ3n) is 4.32. The Morgan fingerprint density at radius 1 is 1.30 bits per heavy atom. The molecule has 2 aromatic rings. The van der Waals surface area contributed by atoms with Crippen LogP contribution in [0.3, 0.4) is 0 Å². The summed E-state index contributed by atoms with van der Waals surface area (Å²) in [4.78, 5) is 14.5. The average molecular weight is 333 g/mol. The number of piperidine rings is 1. The van der Waals surface area contributed by atoms with Crippen LogP contribution in [-0.2, 0) is 0 Å². The fourth-order valence-electron chi connectivity index (χ4n) is 2.98. The summed E-state index contributed by atoms with van der Waals surface area (Å²) in [5.74, 6) is 0.731. The lowest BCUT2D eigenvalue weighted by Crippen LogP contribution is -2.40. The van der Waals surface area contributed by atoms with Gasteiger partial charge in [0.05, 0.1) is 17.4 Å². The summed E-state index contributed by atoms with van der Waals surface area (Å²) in [6.07, 6.45) is 5.53. The number of hydrogen-bond donors (Lipinski definition) is 1. The summed E-state index contributed by atoms with van der Waals surface area (Å²) >= 11 is 5.90. The molecule has 23 heavy (non-hydrogen) atoms. The average Bonchev–Trinajstić information content (AvgIpc) is 3.06. The van der Waals surface area contributed by atoms with Gasteiger partial charge in [-0.1, -0.05) is 11.6 Å². The van der Waals surface area contributed by atoms with Crippen LogP contribution in [0.4, 0.5) is 0 Å². The lowest BCUT2D eigenvalue weighted by atomic mass is 9.96. The monoisotopic (exact) mass is 332 g/mol. The Morgan fingerprint density at radius 2 is 2.00 bits per heavy atom. The van der Waals surface area contributed by atoms with E-state index in [9.17, 15) is 4.79 Å². The molecule has 1 amide bonds. The zero-order valence-corrected chi connectivity index (χ0v) is 14.0. The summed E-state index contributed by atoms with van der Waals surface area (Å²) in [6.45, 7) is 2.66. The number of aromatic nitrogens is 2. The highest BCUT2D eigenvalue weighted by atomic mass is 35.5. The molecule has 1 aliphatic rings. The lowest BCUT2D eigenvalue weighted by Gasteiger charge is -2.31. The third kappa shape index (κ3) is 3.74. The van der Waals surface area contributed by atoms with Gasteiger partial charge in [0, 0.05) is 24.3 Å². The SMILES string of the molecule is CNCC1CCN(C(=O)c2cnn(-c3ccc(Cl)cc3)c2)CC1. The van der Waals surface area contributed by atoms with Crippen molar-refractivity contribution in [3.05, 3.63) is 47.2 Å². The van der Waals surface area contributed by atoms with Crippen LogP contribution in [0, 0.1) is 5.92 Å². The Hall–Kier alpha value is -1.85. The second kappa shape index (κ2) is 7.15. The highest BCUT2D eigenvalue weighted by molar-refractivity contribution is 6.30. The van der Waals surface area contributed by atoms with Crippen molar-refractivity contribution in [2.45, 2.75) is 12.8 Å². The van der Waals surface area contributed by atoms with E-state index in [-0.39, 0.29) is 5.91 Å². The van der Waals surface area contributed by atoms with Gasteiger partial charge in [-0.25, -0.2) is 4.68 Å². The van der Waals surface area contributed by atoms with Crippen molar-refractivity contribution in [3.8, 4) is 5.69 Å². The number of benzene rings is 1. The Morgan fingerprint density at radius 3 is 2.65 bits per heavy atom. The molecule has 1 N–H and O–H groups in total. The fourth-order valence-corrected chi connectivity index (χ4v) is 3.11. The molecule has 1 saturated heterocycles. The Bertz CT molecular complexity index is 659. The molecule has 1 aromatic heterocycles. The number of carbonyl (C=O) groups excluding carboxylic acids is 1. The molecular formula is C17H21ClN4O. The first-order valence-electron chi connectivity index (χ1n) is 7.92. The number of hydrogen-bond acceptors (Lipinski definition) is 3. The maximum absolute atomic E-state index is 12.6. The Kier molecular flexibility index (Phi) is 4.98. The molecule has 1 aliphatic heterocycles. The van der Waals surface area contributed by atoms with Crippen LogP contribution in [0.1, 0.15) is 23.2 Å². The maximum Gasteiger partial charge on any atom is 0.257 e. The normalized spacial score (nSPS) is 15.8. The molecule has 5 nitrogen and oxygen atoms in total. The van der Waals surface area contributed by atoms with Crippen molar-refractivity contribution in [1.29, 1.82) is 0 Å². The molecule has 0 atom stereocenters. The van der Waals surface area contributed by atoms with Gasteiger partial charge in [-0.15, -0.1) is 0 Å². The molecule has 0 bridgehead atoms. The molecule has 1 aromatic carbocycles. The number of nitrogens with zero attached hydrogens (tertiary/aromatic N) is 3. The standard InChI is InChI=1S/C17H21ClN4O/c1-19-10-13-6-8-21(9-7-13)17(23)14-11-20-22(12-14)16-4-2-15(18)3-5-16/h2-5,11-13,19H,6-10H2,1H3. The van der Waals surface area contributed by atoms with Crippen LogP contribution < -0.4 is 5.32 Å². The number of carbonyl (C=O) groups is 1. The van der Waals surface area contributed by atoms with E-state index < -0.39 is 0 Å². The van der Waals surface area contributed by atoms with Gasteiger partial charge in [-0.2, -0.15) is 5.10 Å². The number of nitrogens with one attached hydrogen (secondary N) is 1. The quantitative estimate of drug-likeness (QED) is 0.936. The van der Waals surface area contributed by atoms with E-state index >= 15 is 0 Å². The van der Waals surface area contributed by atoms with Crippen molar-refractivity contribution < 1.29 is 4.79 Å². The highest BCUT2D eigenvalue weighted by Gasteiger charge is 2.24. The molecule has 2 heterocycles. The second-order valence-corrected chi connectivity index (χ2v) is 6.38. The smallest absolute Gasteiger partial charge is 0.257 e. The predicted molar refractivity (Wildman–Crippen MR) is 91.1 cm³/mol. The summed E-state index contributed by atoms with van der Waals surface area (Å²) in [5.41, 5.74) is 1.52. The van der Waals surface area contributed by atoms with Crippen LogP contribution >= 0.6 is 11.6 Å². The van der Waals surface area contributed by atoms with E-state index in [1.165, 1.54) is 0 Å². The lowest BCUT2D eigenvalue weighted by molar-refractivity contribution is 0.0691. The minimum Gasteiger partial charge on any atom is -0.339 e. The van der Waals surface area contributed by atoms with Crippen LogP contribution in [0.15, 0.2) is 36.7 Å². The van der Waals surface area contributed by atoms with E-state index in [2.05, 4.69) is 10.4 Å². The van der Waals surface area contributed by atoms with Gasteiger partial charge in [-0.3, -0.25) is 4.79 Å². The molecule has 0 radical (unpaired) electrons. The van der Waals surface area contributed by atoms with Gasteiger partial charge in [-0.05, 0) is 56.6 Å². The molecule has 0 saturated carbocycles. The van der Waals surface area contributed by atoms with Crippen LogP contribution in [0.5, 0.6) is 0 Å². The number of halogens is 1. The van der Waals surface area contributed by atoms with Gasteiger partial charge in [0.15, 0.2) is 0 Å². The third-order valence-corrected chi connectivity index (χ3v) is 4.57. The van der Waals surface area contributed by atoms with Crippen LogP contribution in [0.2, 0.25) is 5.02 Å². The summed E-state index contributed by atoms with van der Waals surface area (Å²) in [6, 6.07) is 7.39. The van der Waals surface area contributed by atoms with E-state index in [0.717, 1.165) is 38.2 Å². The van der Waals surface area contributed by atoms with Gasteiger partial charge >= 0.3 is 0 Å². The molecule has 122 valence electrons. The second-order valence-electron chi connectivity index (χ2n) is 5.94. The van der Waals surface area contributed by atoms with Crippen molar-refractivity contribution in [3.63, 3.8) is 0 Å². The zero-order valence-electron chi connectivity index (χ0n) is 13.2. The van der Waals surface area contributed by atoms with Crippen molar-refractivity contribution in [2.75, 3.05) is 26.7 Å². The Balaban J connectivity index is 1.66. The first-order valence-corrected chi connectivity index (χ1v) is 8.29. The van der Waals surface area contributed by atoms with Gasteiger partial charge in [0.2, 0.25) is 0 Å². The molecule has 1 fully saturated rings. The van der Waals surface area contributed by atoms with Crippen molar-refractivity contribution in [1.82, 2.24) is 20.0 Å². The van der Waals surface area contributed by atoms with Crippen LogP contribution in [0.25, 0.3) is 5.69 Å². The predicted octanol–water partition coefficient (Wildman–Crippen LogP) is 2.60. The van der Waals surface area contributed by atoms with E-state index in [1.807, 2.05) is 36.2 Å². The molecule has 6 heteroatoms. The molecular weight excluding hydrogens is 312 g/mol. The van der Waals surface area contributed by atoms with Gasteiger partial charge in [0.1, 0.15) is 0 Å². The van der Waals surface area contributed by atoms with Gasteiger partial charge < -0.3 is 10.2 Å². The van der Waals surface area contributed by atoms with Crippen LogP contribution in [-0.4, -0.2) is 47.3 Å². The number of rotatable bonds is 4. The number of amides is 1. The maximum atomic E-state index is 12.6. The summed E-state index contributed by atoms with van der Waals surface area (Å²) in [5, 5.41) is 8.19. The molecule has 3 rings (SSSR count). The molecule has 0 aliphatic carbocycles.